The highest BCUT2D eigenvalue weighted by Crippen LogP contribution is 2.38. The van der Waals surface area contributed by atoms with E-state index in [1.54, 1.807) is 30.3 Å². The molecule has 0 aromatic heterocycles. The van der Waals surface area contributed by atoms with E-state index in [9.17, 15) is 14.4 Å². The Balaban J connectivity index is 1.74. The highest BCUT2D eigenvalue weighted by molar-refractivity contribution is 9.10. The lowest BCUT2D eigenvalue weighted by molar-refractivity contribution is -0.122. The van der Waals surface area contributed by atoms with Crippen molar-refractivity contribution >= 4 is 56.5 Å². The first-order chi connectivity index (χ1) is 14.9. The van der Waals surface area contributed by atoms with Gasteiger partial charge in [-0.3, -0.25) is 19.3 Å². The number of carbonyl (C=O) groups excluding carboxylic acids is 3. The quantitative estimate of drug-likeness (QED) is 0.513. The molecule has 7 nitrogen and oxygen atoms in total. The van der Waals surface area contributed by atoms with Crippen LogP contribution in [0.5, 0.6) is 11.5 Å². The van der Waals surface area contributed by atoms with Crippen LogP contribution in [0.4, 0.5) is 10.5 Å². The fraction of sp³-hybridized carbons (Fsp3) is 0.227. The summed E-state index contributed by atoms with van der Waals surface area (Å²) in [7, 11) is 1.49. The minimum absolute atomic E-state index is 0.201. The molecule has 3 rings (SSSR count). The van der Waals surface area contributed by atoms with E-state index in [4.69, 9.17) is 9.47 Å². The van der Waals surface area contributed by atoms with Crippen LogP contribution in [0, 0.1) is 0 Å². The normalized spacial score (nSPS) is 14.8. The zero-order valence-electron chi connectivity index (χ0n) is 17.0. The molecule has 2 aromatic rings. The highest BCUT2D eigenvalue weighted by Gasteiger charge is 2.34. The molecule has 0 spiro atoms. The molecule has 0 unspecified atom stereocenters. The zero-order valence-corrected chi connectivity index (χ0v) is 19.4. The number of nitrogens with one attached hydrogen (secondary N) is 1. The topological polar surface area (TPSA) is 84.9 Å². The molecule has 1 heterocycles. The van der Waals surface area contributed by atoms with Gasteiger partial charge in [0.2, 0.25) is 0 Å². The van der Waals surface area contributed by atoms with Gasteiger partial charge in [-0.2, -0.15) is 0 Å². The Labute approximate surface area is 192 Å². The summed E-state index contributed by atoms with van der Waals surface area (Å²) < 4.78 is 11.7. The number of benzene rings is 2. The number of amides is 3. The van der Waals surface area contributed by atoms with E-state index >= 15 is 0 Å². The molecular formula is C22H21BrN2O5S. The second-order valence-corrected chi connectivity index (χ2v) is 8.41. The zero-order chi connectivity index (χ0) is 22.4. The number of rotatable bonds is 8. The van der Waals surface area contributed by atoms with Gasteiger partial charge in [-0.05, 0) is 54.1 Å². The molecule has 1 aliphatic rings. The summed E-state index contributed by atoms with van der Waals surface area (Å²) in [5, 5.41) is 2.47. The molecule has 0 atom stereocenters. The fourth-order valence-electron chi connectivity index (χ4n) is 2.85. The Bertz CT molecular complexity index is 1030. The van der Waals surface area contributed by atoms with Crippen LogP contribution in [0.3, 0.4) is 0 Å². The maximum absolute atomic E-state index is 12.5. The fourth-order valence-corrected chi connectivity index (χ4v) is 4.15. The summed E-state index contributed by atoms with van der Waals surface area (Å²) >= 11 is 4.37. The number of nitrogens with zero attached hydrogens (tertiary/aromatic N) is 1. The van der Waals surface area contributed by atoms with Crippen molar-refractivity contribution in [1.82, 2.24) is 4.90 Å². The molecule has 1 N–H and O–H groups in total. The van der Waals surface area contributed by atoms with Crippen molar-refractivity contribution in [2.45, 2.75) is 13.3 Å². The summed E-state index contributed by atoms with van der Waals surface area (Å²) in [5.41, 5.74) is 1.33. The average molecular weight is 505 g/mol. The first-order valence-corrected chi connectivity index (χ1v) is 11.1. The lowest BCUT2D eigenvalue weighted by atomic mass is 10.2. The Morgan fingerprint density at radius 3 is 2.61 bits per heavy atom. The third-order valence-corrected chi connectivity index (χ3v) is 5.90. The molecule has 9 heteroatoms. The second-order valence-electron chi connectivity index (χ2n) is 6.56. The van der Waals surface area contributed by atoms with Crippen LogP contribution >= 0.6 is 27.7 Å². The summed E-state index contributed by atoms with van der Waals surface area (Å²) in [6, 6.07) is 12.4. The van der Waals surface area contributed by atoms with Crippen LogP contribution in [-0.4, -0.2) is 42.2 Å². The Hall–Kier alpha value is -2.78. The van der Waals surface area contributed by atoms with E-state index in [2.05, 4.69) is 21.2 Å². The number of imide groups is 1. The van der Waals surface area contributed by atoms with Crippen molar-refractivity contribution in [2.75, 3.05) is 25.6 Å². The smallest absolute Gasteiger partial charge is 0.293 e. The van der Waals surface area contributed by atoms with Gasteiger partial charge in [0.05, 0.1) is 12.0 Å². The summed E-state index contributed by atoms with van der Waals surface area (Å²) in [6.07, 6.45) is 2.34. The molecule has 0 radical (unpaired) electrons. The maximum atomic E-state index is 12.5. The third kappa shape index (κ3) is 5.68. The number of methoxy groups -OCH3 is 1. The van der Waals surface area contributed by atoms with Gasteiger partial charge in [0.25, 0.3) is 17.1 Å². The van der Waals surface area contributed by atoms with E-state index in [1.165, 1.54) is 12.0 Å². The second kappa shape index (κ2) is 10.5. The first-order valence-electron chi connectivity index (χ1n) is 9.53. The maximum Gasteiger partial charge on any atom is 0.293 e. The SMILES string of the molecule is CCCN1C(=O)S/C(=C/c2cc(OC)c(OCC(=O)Nc3ccccc3)cc2Br)C1=O. The molecule has 0 bridgehead atoms. The van der Waals surface area contributed by atoms with E-state index in [0.29, 0.717) is 45.1 Å². The molecular weight excluding hydrogens is 484 g/mol. The average Bonchev–Trinajstić information content (AvgIpc) is 3.02. The Morgan fingerprint density at radius 2 is 1.94 bits per heavy atom. The molecule has 0 aliphatic carbocycles. The molecule has 162 valence electrons. The minimum atomic E-state index is -0.307. The van der Waals surface area contributed by atoms with Gasteiger partial charge in [-0.15, -0.1) is 0 Å². The van der Waals surface area contributed by atoms with Crippen molar-refractivity contribution in [2.24, 2.45) is 0 Å². The number of para-hydroxylation sites is 1. The minimum Gasteiger partial charge on any atom is -0.493 e. The van der Waals surface area contributed by atoms with Gasteiger partial charge in [-0.1, -0.05) is 41.1 Å². The summed E-state index contributed by atoms with van der Waals surface area (Å²) in [4.78, 5) is 38.2. The number of ether oxygens (including phenoxy) is 2. The van der Waals surface area contributed by atoms with Crippen molar-refractivity contribution in [3.05, 3.63) is 57.4 Å². The van der Waals surface area contributed by atoms with Crippen LogP contribution in [0.2, 0.25) is 0 Å². The van der Waals surface area contributed by atoms with E-state index in [1.807, 2.05) is 25.1 Å². The number of halogens is 1. The van der Waals surface area contributed by atoms with E-state index in [-0.39, 0.29) is 23.7 Å². The van der Waals surface area contributed by atoms with Crippen LogP contribution in [0.25, 0.3) is 6.08 Å². The van der Waals surface area contributed by atoms with Gasteiger partial charge in [0.1, 0.15) is 0 Å². The van der Waals surface area contributed by atoms with Crippen molar-refractivity contribution in [1.29, 1.82) is 0 Å². The lowest BCUT2D eigenvalue weighted by Crippen LogP contribution is -2.28. The van der Waals surface area contributed by atoms with Crippen LogP contribution in [0.15, 0.2) is 51.8 Å². The van der Waals surface area contributed by atoms with Gasteiger partial charge in [0, 0.05) is 16.7 Å². The predicted molar refractivity (Wildman–Crippen MR) is 124 cm³/mol. The summed E-state index contributed by atoms with van der Waals surface area (Å²) in [6.45, 7) is 2.10. The third-order valence-electron chi connectivity index (χ3n) is 4.31. The van der Waals surface area contributed by atoms with Crippen molar-refractivity contribution in [3.63, 3.8) is 0 Å². The Morgan fingerprint density at radius 1 is 1.19 bits per heavy atom. The Kier molecular flexibility index (Phi) is 7.75. The van der Waals surface area contributed by atoms with Crippen molar-refractivity contribution < 1.29 is 23.9 Å². The molecule has 2 aromatic carbocycles. The monoisotopic (exact) mass is 504 g/mol. The van der Waals surface area contributed by atoms with Crippen LogP contribution in [0.1, 0.15) is 18.9 Å². The van der Waals surface area contributed by atoms with E-state index < -0.39 is 0 Å². The largest absolute Gasteiger partial charge is 0.493 e. The lowest BCUT2D eigenvalue weighted by Gasteiger charge is -2.13. The van der Waals surface area contributed by atoms with Crippen molar-refractivity contribution in [3.8, 4) is 11.5 Å². The predicted octanol–water partition coefficient (Wildman–Crippen LogP) is 4.92. The molecule has 1 fully saturated rings. The van der Waals surface area contributed by atoms with E-state index in [0.717, 1.165) is 11.8 Å². The molecule has 3 amide bonds. The molecule has 31 heavy (non-hydrogen) atoms. The number of anilines is 1. The number of hydrogen-bond donors (Lipinski definition) is 1. The summed E-state index contributed by atoms with van der Waals surface area (Å²) in [5.74, 6) is 0.155. The molecule has 0 saturated carbocycles. The van der Waals surface area contributed by atoms with Crippen LogP contribution < -0.4 is 14.8 Å². The van der Waals surface area contributed by atoms with Gasteiger partial charge >= 0.3 is 0 Å². The van der Waals surface area contributed by atoms with Gasteiger partial charge in [-0.25, -0.2) is 0 Å². The first kappa shape index (κ1) is 22.9. The number of hydrogen-bond acceptors (Lipinski definition) is 6. The molecule has 1 aliphatic heterocycles. The standard InChI is InChI=1S/C22H21BrN2O5S/c1-3-9-25-21(27)19(31-22(25)28)11-14-10-17(29-2)18(12-16(14)23)30-13-20(26)24-15-7-5-4-6-8-15/h4-8,10-12H,3,9,13H2,1-2H3,(H,24,26)/b19-11+. The molecule has 1 saturated heterocycles. The van der Waals surface area contributed by atoms with Gasteiger partial charge in [0.15, 0.2) is 18.1 Å². The number of thioether (sulfide) groups is 1. The van der Waals surface area contributed by atoms with Gasteiger partial charge < -0.3 is 14.8 Å². The number of carbonyl (C=O) groups is 3. The highest BCUT2D eigenvalue weighted by atomic mass is 79.9. The van der Waals surface area contributed by atoms with Crippen LogP contribution in [-0.2, 0) is 9.59 Å².